The van der Waals surface area contributed by atoms with Crippen LogP contribution in [0.5, 0.6) is 5.75 Å². The monoisotopic (exact) mass is 399 g/mol. The quantitative estimate of drug-likeness (QED) is 0.616. The molecule has 3 aromatic rings. The fourth-order valence-electron chi connectivity index (χ4n) is 2.43. The molecule has 0 aliphatic rings. The largest absolute Gasteiger partial charge is 0.494 e. The Morgan fingerprint density at radius 1 is 1.18 bits per heavy atom. The molecule has 0 bridgehead atoms. The first-order valence-electron chi connectivity index (χ1n) is 8.56. The van der Waals surface area contributed by atoms with E-state index in [4.69, 9.17) is 4.74 Å². The van der Waals surface area contributed by atoms with Gasteiger partial charge in [-0.05, 0) is 55.5 Å². The molecule has 1 aromatic heterocycles. The first-order chi connectivity index (χ1) is 13.6. The van der Waals surface area contributed by atoms with Crippen LogP contribution in [0.2, 0.25) is 0 Å². The van der Waals surface area contributed by atoms with Gasteiger partial charge in [0.15, 0.2) is 5.03 Å². The van der Waals surface area contributed by atoms with Crippen molar-refractivity contribution in [2.45, 2.75) is 11.9 Å². The SMILES string of the molecule is CCOc1ccc(NC(=O)CSc2nccn(-c3ccc(F)cc3)c2=O)cc1. The lowest BCUT2D eigenvalue weighted by Gasteiger charge is -2.08. The zero-order valence-corrected chi connectivity index (χ0v) is 15.9. The van der Waals surface area contributed by atoms with E-state index in [0.29, 0.717) is 18.0 Å². The van der Waals surface area contributed by atoms with Crippen LogP contribution in [0.3, 0.4) is 0 Å². The van der Waals surface area contributed by atoms with Crippen LogP contribution in [0, 0.1) is 5.82 Å². The second kappa shape index (κ2) is 9.18. The summed E-state index contributed by atoms with van der Waals surface area (Å²) in [5.41, 5.74) is 0.793. The average Bonchev–Trinajstić information content (AvgIpc) is 2.70. The van der Waals surface area contributed by atoms with E-state index in [1.54, 1.807) is 24.3 Å². The highest BCUT2D eigenvalue weighted by Crippen LogP contribution is 2.17. The Morgan fingerprint density at radius 2 is 1.89 bits per heavy atom. The molecule has 3 rings (SSSR count). The number of thioether (sulfide) groups is 1. The molecule has 0 saturated heterocycles. The molecule has 8 heteroatoms. The van der Waals surface area contributed by atoms with Gasteiger partial charge in [-0.1, -0.05) is 11.8 Å². The Hall–Kier alpha value is -3.13. The first-order valence-corrected chi connectivity index (χ1v) is 9.54. The summed E-state index contributed by atoms with van der Waals surface area (Å²) in [6.07, 6.45) is 2.97. The highest BCUT2D eigenvalue weighted by atomic mass is 32.2. The third kappa shape index (κ3) is 4.98. The summed E-state index contributed by atoms with van der Waals surface area (Å²) in [7, 11) is 0. The zero-order valence-electron chi connectivity index (χ0n) is 15.1. The third-order valence-corrected chi connectivity index (χ3v) is 4.66. The lowest BCUT2D eigenvalue weighted by atomic mass is 10.3. The predicted octanol–water partition coefficient (Wildman–Crippen LogP) is 3.50. The summed E-state index contributed by atoms with van der Waals surface area (Å²) in [6.45, 7) is 2.47. The smallest absolute Gasteiger partial charge is 0.287 e. The molecule has 0 aliphatic carbocycles. The highest BCUT2D eigenvalue weighted by Gasteiger charge is 2.10. The normalized spacial score (nSPS) is 10.5. The van der Waals surface area contributed by atoms with Crippen LogP contribution in [0.1, 0.15) is 6.92 Å². The molecule has 0 fully saturated rings. The van der Waals surface area contributed by atoms with Gasteiger partial charge in [-0.25, -0.2) is 9.37 Å². The summed E-state index contributed by atoms with van der Waals surface area (Å²) in [5.74, 6) is 0.117. The summed E-state index contributed by atoms with van der Waals surface area (Å²) in [5, 5.41) is 2.95. The molecule has 2 aromatic carbocycles. The Morgan fingerprint density at radius 3 is 2.57 bits per heavy atom. The lowest BCUT2D eigenvalue weighted by Crippen LogP contribution is -2.22. The second-order valence-corrected chi connectivity index (χ2v) is 6.64. The Labute approximate surface area is 165 Å². The van der Waals surface area contributed by atoms with E-state index in [1.165, 1.54) is 41.2 Å². The number of hydrogen-bond donors (Lipinski definition) is 1. The Balaban J connectivity index is 1.64. The van der Waals surface area contributed by atoms with Crippen molar-refractivity contribution in [2.24, 2.45) is 0 Å². The Kier molecular flexibility index (Phi) is 6.44. The van der Waals surface area contributed by atoms with E-state index in [-0.39, 0.29) is 28.1 Å². The maximum Gasteiger partial charge on any atom is 0.287 e. The van der Waals surface area contributed by atoms with Crippen molar-refractivity contribution in [3.63, 3.8) is 0 Å². The van der Waals surface area contributed by atoms with Crippen LogP contribution in [0.15, 0.2) is 70.7 Å². The minimum absolute atomic E-state index is 0.0306. The first kappa shape index (κ1) is 19.6. The average molecular weight is 399 g/mol. The van der Waals surface area contributed by atoms with Gasteiger partial charge in [0.1, 0.15) is 11.6 Å². The van der Waals surface area contributed by atoms with Crippen LogP contribution >= 0.6 is 11.8 Å². The van der Waals surface area contributed by atoms with E-state index < -0.39 is 0 Å². The summed E-state index contributed by atoms with van der Waals surface area (Å²) in [6, 6.07) is 12.6. The molecular weight excluding hydrogens is 381 g/mol. The van der Waals surface area contributed by atoms with Crippen molar-refractivity contribution in [2.75, 3.05) is 17.7 Å². The topological polar surface area (TPSA) is 73.2 Å². The molecule has 1 heterocycles. The summed E-state index contributed by atoms with van der Waals surface area (Å²) in [4.78, 5) is 28.8. The van der Waals surface area contributed by atoms with E-state index in [2.05, 4.69) is 10.3 Å². The van der Waals surface area contributed by atoms with Crippen molar-refractivity contribution >= 4 is 23.4 Å². The van der Waals surface area contributed by atoms with Crippen molar-refractivity contribution in [3.8, 4) is 11.4 Å². The molecule has 28 heavy (non-hydrogen) atoms. The molecule has 0 aliphatic heterocycles. The second-order valence-electron chi connectivity index (χ2n) is 5.68. The number of rotatable bonds is 7. The lowest BCUT2D eigenvalue weighted by molar-refractivity contribution is -0.113. The van der Waals surface area contributed by atoms with Gasteiger partial charge in [0.25, 0.3) is 5.56 Å². The highest BCUT2D eigenvalue weighted by molar-refractivity contribution is 7.99. The molecule has 144 valence electrons. The number of nitrogens with zero attached hydrogens (tertiary/aromatic N) is 2. The minimum Gasteiger partial charge on any atom is -0.494 e. The van der Waals surface area contributed by atoms with Gasteiger partial charge >= 0.3 is 0 Å². The van der Waals surface area contributed by atoms with Gasteiger partial charge in [0.05, 0.1) is 12.4 Å². The predicted molar refractivity (Wildman–Crippen MR) is 107 cm³/mol. The summed E-state index contributed by atoms with van der Waals surface area (Å²) >= 11 is 1.04. The maximum absolute atomic E-state index is 13.1. The minimum atomic E-state index is -0.383. The molecule has 1 N–H and O–H groups in total. The standard InChI is InChI=1S/C20H18FN3O3S/c1-2-27-17-9-5-15(6-10-17)23-18(25)13-28-19-20(26)24(12-11-22-19)16-7-3-14(21)4-8-16/h3-12H,2,13H2,1H3,(H,23,25). The van der Waals surface area contributed by atoms with Crippen molar-refractivity contribution in [1.29, 1.82) is 0 Å². The van der Waals surface area contributed by atoms with Crippen LogP contribution in [-0.2, 0) is 4.79 Å². The van der Waals surface area contributed by atoms with Crippen molar-refractivity contribution in [1.82, 2.24) is 9.55 Å². The van der Waals surface area contributed by atoms with Crippen LogP contribution < -0.4 is 15.6 Å². The molecule has 0 saturated carbocycles. The molecule has 0 atom stereocenters. The number of benzene rings is 2. The number of aromatic nitrogens is 2. The fourth-order valence-corrected chi connectivity index (χ4v) is 3.13. The van der Waals surface area contributed by atoms with Crippen LogP contribution in [0.25, 0.3) is 5.69 Å². The molecular formula is C20H18FN3O3S. The van der Waals surface area contributed by atoms with Crippen molar-refractivity contribution < 1.29 is 13.9 Å². The van der Waals surface area contributed by atoms with Gasteiger partial charge in [-0.2, -0.15) is 0 Å². The number of nitrogens with one attached hydrogen (secondary N) is 1. The van der Waals surface area contributed by atoms with Crippen LogP contribution in [-0.4, -0.2) is 27.8 Å². The van der Waals surface area contributed by atoms with Gasteiger partial charge in [-0.3, -0.25) is 14.2 Å². The molecule has 0 radical (unpaired) electrons. The van der Waals surface area contributed by atoms with Gasteiger partial charge in [0, 0.05) is 23.8 Å². The van der Waals surface area contributed by atoms with Crippen LogP contribution in [0.4, 0.5) is 10.1 Å². The molecule has 0 unspecified atom stereocenters. The van der Waals surface area contributed by atoms with Crippen molar-refractivity contribution in [3.05, 3.63) is 77.1 Å². The van der Waals surface area contributed by atoms with E-state index in [1.807, 2.05) is 6.92 Å². The number of hydrogen-bond acceptors (Lipinski definition) is 5. The molecule has 1 amide bonds. The zero-order chi connectivity index (χ0) is 19.9. The number of halogens is 1. The van der Waals surface area contributed by atoms with E-state index in [0.717, 1.165) is 17.5 Å². The Bertz CT molecular complexity index is 1000. The molecule has 0 spiro atoms. The number of carbonyl (C=O) groups is 1. The number of anilines is 1. The number of ether oxygens (including phenoxy) is 1. The van der Waals surface area contributed by atoms with E-state index >= 15 is 0 Å². The number of amides is 1. The third-order valence-electron chi connectivity index (χ3n) is 3.70. The maximum atomic E-state index is 13.1. The van der Waals surface area contributed by atoms with Gasteiger partial charge < -0.3 is 10.1 Å². The van der Waals surface area contributed by atoms with Gasteiger partial charge in [0.2, 0.25) is 5.91 Å². The summed E-state index contributed by atoms with van der Waals surface area (Å²) < 4.78 is 19.8. The number of carbonyl (C=O) groups excluding carboxylic acids is 1. The van der Waals surface area contributed by atoms with Gasteiger partial charge in [-0.15, -0.1) is 0 Å². The van der Waals surface area contributed by atoms with E-state index in [9.17, 15) is 14.0 Å². The fraction of sp³-hybridized carbons (Fsp3) is 0.150. The molecule has 6 nitrogen and oxygen atoms in total.